The summed E-state index contributed by atoms with van der Waals surface area (Å²) in [7, 11) is 0. The summed E-state index contributed by atoms with van der Waals surface area (Å²) >= 11 is 0. The number of aliphatic hydroxyl groups excluding tert-OH is 1. The first-order valence-corrected chi connectivity index (χ1v) is 16.2. The highest BCUT2D eigenvalue weighted by molar-refractivity contribution is 5.41. The number of nitrogen functional groups attached to an aromatic ring is 1. The third-order valence-electron chi connectivity index (χ3n) is 8.18. The van der Waals surface area contributed by atoms with Crippen molar-refractivity contribution in [2.75, 3.05) is 91.4 Å². The van der Waals surface area contributed by atoms with E-state index in [1.54, 1.807) is 0 Å². The second-order valence-electron chi connectivity index (χ2n) is 11.4. The first-order valence-electron chi connectivity index (χ1n) is 16.2. The van der Waals surface area contributed by atoms with Gasteiger partial charge in [0.1, 0.15) is 0 Å². The first kappa shape index (κ1) is 34.4. The fourth-order valence-corrected chi connectivity index (χ4v) is 5.79. The van der Waals surface area contributed by atoms with Gasteiger partial charge in [-0.15, -0.1) is 0 Å². The van der Waals surface area contributed by atoms with Crippen LogP contribution < -0.4 is 5.73 Å². The zero-order valence-corrected chi connectivity index (χ0v) is 26.5. The summed E-state index contributed by atoms with van der Waals surface area (Å²) < 4.78 is 42.4. The largest absolute Gasteiger partial charge is 0.399 e. The van der Waals surface area contributed by atoms with E-state index in [0.717, 1.165) is 22.3 Å². The summed E-state index contributed by atoms with van der Waals surface area (Å²) in [5.74, 6) is -0.114. The van der Waals surface area contributed by atoms with E-state index in [4.69, 9.17) is 38.9 Å². The van der Waals surface area contributed by atoms with Gasteiger partial charge in [0.2, 0.25) is 0 Å². The molecule has 2 aliphatic heterocycles. The van der Waals surface area contributed by atoms with Gasteiger partial charge in [0.05, 0.1) is 84.9 Å². The van der Waals surface area contributed by atoms with Crippen molar-refractivity contribution in [1.29, 1.82) is 0 Å². The van der Waals surface area contributed by atoms with Crippen molar-refractivity contribution < 1.29 is 38.3 Å². The van der Waals surface area contributed by atoms with Crippen molar-refractivity contribution in [2.45, 2.75) is 31.0 Å². The molecule has 4 atom stereocenters. The minimum Gasteiger partial charge on any atom is -0.399 e. The Morgan fingerprint density at radius 1 is 0.609 bits per heavy atom. The first-order chi connectivity index (χ1) is 22.7. The zero-order chi connectivity index (χ0) is 31.8. The Labute approximate surface area is 272 Å². The van der Waals surface area contributed by atoms with Crippen molar-refractivity contribution in [2.24, 2.45) is 0 Å². The lowest BCUT2D eigenvalue weighted by Gasteiger charge is -2.44. The number of ether oxygens (including phenoxy) is 7. The van der Waals surface area contributed by atoms with Gasteiger partial charge in [0.15, 0.2) is 6.29 Å². The highest BCUT2D eigenvalue weighted by Gasteiger charge is 2.42. The molecule has 1 unspecified atom stereocenters. The van der Waals surface area contributed by atoms with Gasteiger partial charge in [-0.05, 0) is 28.8 Å². The van der Waals surface area contributed by atoms with Gasteiger partial charge in [-0.2, -0.15) is 0 Å². The molecule has 2 saturated heterocycles. The van der Waals surface area contributed by atoms with Crippen molar-refractivity contribution >= 4 is 5.69 Å². The number of rotatable bonds is 6. The van der Waals surface area contributed by atoms with Crippen LogP contribution in [0.2, 0.25) is 0 Å². The molecule has 5 rings (SSSR count). The molecule has 0 radical (unpaired) electrons. The van der Waals surface area contributed by atoms with Crippen LogP contribution in [0.5, 0.6) is 0 Å². The molecule has 46 heavy (non-hydrogen) atoms. The van der Waals surface area contributed by atoms with E-state index in [1.165, 1.54) is 0 Å². The molecule has 3 N–H and O–H groups in total. The Hall–Kier alpha value is -2.90. The number of hydrogen-bond acceptors (Lipinski definition) is 10. The van der Waals surface area contributed by atoms with Crippen LogP contribution >= 0.6 is 0 Å². The third kappa shape index (κ3) is 10.6. The SMILES string of the molecule is Nc1cccc(C2O[C@H](CN3CCOCCOCCOCCOCCOCC3)[C@@H](c3ccccc3)[C@H](c3ccc(CO)cc3)O2)c1. The van der Waals surface area contributed by atoms with Crippen molar-refractivity contribution in [3.05, 3.63) is 101 Å². The fraction of sp³-hybridized carbons (Fsp3) is 0.500. The lowest BCUT2D eigenvalue weighted by atomic mass is 9.83. The van der Waals surface area contributed by atoms with Crippen LogP contribution in [-0.2, 0) is 39.8 Å². The second-order valence-corrected chi connectivity index (χ2v) is 11.4. The minimum atomic E-state index is -0.623. The third-order valence-corrected chi connectivity index (χ3v) is 8.18. The summed E-state index contributed by atoms with van der Waals surface area (Å²) in [6.07, 6.45) is -1.18. The molecule has 3 aromatic carbocycles. The van der Waals surface area contributed by atoms with Gasteiger partial charge in [0, 0.05) is 36.8 Å². The van der Waals surface area contributed by atoms with E-state index in [0.29, 0.717) is 91.4 Å². The van der Waals surface area contributed by atoms with Crippen molar-refractivity contribution in [3.8, 4) is 0 Å². The minimum absolute atomic E-state index is 0.0165. The van der Waals surface area contributed by atoms with Crippen LogP contribution in [-0.4, -0.2) is 102 Å². The molecular formula is C36H48N2O8. The summed E-state index contributed by atoms with van der Waals surface area (Å²) in [5.41, 5.74) is 10.7. The normalized spacial score (nSPS) is 25.3. The summed E-state index contributed by atoms with van der Waals surface area (Å²) in [5, 5.41) is 9.70. The fourth-order valence-electron chi connectivity index (χ4n) is 5.79. The number of nitrogens with zero attached hydrogens (tertiary/aromatic N) is 1. The molecule has 3 aromatic rings. The smallest absolute Gasteiger partial charge is 0.185 e. The van der Waals surface area contributed by atoms with Crippen LogP contribution in [0.15, 0.2) is 78.9 Å². The van der Waals surface area contributed by atoms with E-state index in [2.05, 4.69) is 29.2 Å². The maximum absolute atomic E-state index is 9.70. The van der Waals surface area contributed by atoms with E-state index in [9.17, 15) is 5.11 Å². The summed E-state index contributed by atoms with van der Waals surface area (Å²) in [4.78, 5) is 2.34. The number of aliphatic hydroxyl groups is 1. The van der Waals surface area contributed by atoms with Gasteiger partial charge >= 0.3 is 0 Å². The molecule has 2 aliphatic rings. The number of hydrogen-bond donors (Lipinski definition) is 2. The van der Waals surface area contributed by atoms with Crippen LogP contribution in [0.25, 0.3) is 0 Å². The maximum Gasteiger partial charge on any atom is 0.185 e. The molecule has 0 aliphatic carbocycles. The number of anilines is 1. The van der Waals surface area contributed by atoms with Gasteiger partial charge in [-0.3, -0.25) is 4.90 Å². The molecule has 0 aromatic heterocycles. The van der Waals surface area contributed by atoms with Gasteiger partial charge < -0.3 is 44.0 Å². The standard InChI is InChI=1S/C36H48N2O8/c37-32-8-4-7-31(25-32)36-45-33(26-38-13-15-40-17-19-42-21-23-44-24-22-43-20-18-41-16-14-38)34(29-5-2-1-3-6-29)35(46-36)30-11-9-28(27-39)10-12-30/h1-12,25,33-36,39H,13-24,26-27,37H2/t33-,34-,35+,36?/m1/s1. The van der Waals surface area contributed by atoms with Gasteiger partial charge in [-0.25, -0.2) is 0 Å². The number of nitrogens with two attached hydrogens (primary N) is 1. The molecule has 2 heterocycles. The highest BCUT2D eigenvalue weighted by Crippen LogP contribution is 2.47. The van der Waals surface area contributed by atoms with Crippen LogP contribution in [0, 0.1) is 0 Å². The molecular weight excluding hydrogens is 588 g/mol. The van der Waals surface area contributed by atoms with E-state index < -0.39 is 6.29 Å². The summed E-state index contributed by atoms with van der Waals surface area (Å²) in [6.45, 7) is 7.28. The Morgan fingerprint density at radius 3 is 1.74 bits per heavy atom. The van der Waals surface area contributed by atoms with Gasteiger partial charge in [-0.1, -0.05) is 66.7 Å². The highest BCUT2D eigenvalue weighted by atomic mass is 16.7. The van der Waals surface area contributed by atoms with Crippen LogP contribution in [0.4, 0.5) is 5.69 Å². The Balaban J connectivity index is 1.39. The van der Waals surface area contributed by atoms with Crippen LogP contribution in [0.1, 0.15) is 40.6 Å². The van der Waals surface area contributed by atoms with Crippen molar-refractivity contribution in [3.63, 3.8) is 0 Å². The lowest BCUT2D eigenvalue weighted by Crippen LogP contribution is -2.46. The molecule has 250 valence electrons. The Bertz CT molecular complexity index is 1250. The average molecular weight is 637 g/mol. The summed E-state index contributed by atoms with van der Waals surface area (Å²) in [6, 6.07) is 26.1. The molecule has 0 saturated carbocycles. The van der Waals surface area contributed by atoms with E-state index >= 15 is 0 Å². The molecule has 2 fully saturated rings. The maximum atomic E-state index is 9.70. The Morgan fingerprint density at radius 2 is 1.17 bits per heavy atom. The quantitative estimate of drug-likeness (QED) is 0.384. The van der Waals surface area contributed by atoms with Crippen LogP contribution in [0.3, 0.4) is 0 Å². The Kier molecular flexibility index (Phi) is 14.3. The molecule has 0 spiro atoms. The molecule has 10 nitrogen and oxygen atoms in total. The molecule has 0 amide bonds. The van der Waals surface area contributed by atoms with E-state index in [1.807, 2.05) is 54.6 Å². The predicted octanol–water partition coefficient (Wildman–Crippen LogP) is 4.10. The second kappa shape index (κ2) is 19.0. The monoisotopic (exact) mass is 636 g/mol. The van der Waals surface area contributed by atoms with Crippen molar-refractivity contribution in [1.82, 2.24) is 4.90 Å². The van der Waals surface area contributed by atoms with Gasteiger partial charge in [0.25, 0.3) is 0 Å². The number of benzene rings is 3. The average Bonchev–Trinajstić information content (AvgIpc) is 3.09. The van der Waals surface area contributed by atoms with E-state index in [-0.39, 0.29) is 24.7 Å². The lowest BCUT2D eigenvalue weighted by molar-refractivity contribution is -0.263. The molecule has 0 bridgehead atoms. The topological polar surface area (TPSA) is 114 Å². The molecule has 10 heteroatoms. The zero-order valence-electron chi connectivity index (χ0n) is 26.5. The predicted molar refractivity (Wildman–Crippen MR) is 174 cm³/mol.